The van der Waals surface area contributed by atoms with E-state index in [0.29, 0.717) is 11.6 Å². The number of carbonyl (C=O) groups is 1. The number of urea groups is 1. The molecule has 13 heavy (non-hydrogen) atoms. The highest BCUT2D eigenvalue weighted by Gasteiger charge is 2.12. The molecule has 4 heteroatoms. The highest BCUT2D eigenvalue weighted by atomic mass is 35.5. The van der Waals surface area contributed by atoms with Crippen LogP contribution >= 0.6 is 11.6 Å². The second kappa shape index (κ2) is 4.92. The van der Waals surface area contributed by atoms with E-state index in [9.17, 15) is 4.79 Å². The van der Waals surface area contributed by atoms with E-state index in [1.54, 1.807) is 0 Å². The third-order valence-corrected chi connectivity index (χ3v) is 1.92. The van der Waals surface area contributed by atoms with Gasteiger partial charge in [-0.05, 0) is 12.8 Å². The van der Waals surface area contributed by atoms with Gasteiger partial charge >= 0.3 is 6.03 Å². The van der Waals surface area contributed by atoms with E-state index in [2.05, 4.69) is 29.4 Å². The number of carbonyl (C=O) groups excluding carboxylic acids is 1. The number of halogens is 1. The van der Waals surface area contributed by atoms with Crippen LogP contribution in [0.5, 0.6) is 0 Å². The molecule has 0 unspecified atom stereocenters. The van der Waals surface area contributed by atoms with Crippen LogP contribution in [0.2, 0.25) is 0 Å². The smallest absolute Gasteiger partial charge is 0.315 e. The fourth-order valence-electron chi connectivity index (χ4n) is 1.15. The fourth-order valence-corrected chi connectivity index (χ4v) is 1.21. The summed E-state index contributed by atoms with van der Waals surface area (Å²) in [6.45, 7) is 3.78. The summed E-state index contributed by atoms with van der Waals surface area (Å²) < 4.78 is 0. The minimum Gasteiger partial charge on any atom is -0.335 e. The normalized spacial score (nSPS) is 15.8. The van der Waals surface area contributed by atoms with Gasteiger partial charge in [0, 0.05) is 11.1 Å². The number of amides is 2. The lowest BCUT2D eigenvalue weighted by Gasteiger charge is -2.12. The predicted octanol–water partition coefficient (Wildman–Crippen LogP) is 1.76. The van der Waals surface area contributed by atoms with E-state index in [4.69, 9.17) is 11.6 Å². The summed E-state index contributed by atoms with van der Waals surface area (Å²) in [4.78, 5) is 11.2. The maximum Gasteiger partial charge on any atom is 0.315 e. The molecular formula is C9H13ClN2O. The van der Waals surface area contributed by atoms with Crippen LogP contribution in [0.3, 0.4) is 0 Å². The van der Waals surface area contributed by atoms with Crippen LogP contribution in [0.15, 0.2) is 23.8 Å². The third kappa shape index (κ3) is 3.99. The van der Waals surface area contributed by atoms with Crippen molar-refractivity contribution in [2.45, 2.75) is 18.9 Å². The van der Waals surface area contributed by atoms with Gasteiger partial charge in [0.2, 0.25) is 0 Å². The van der Waals surface area contributed by atoms with Crippen molar-refractivity contribution in [2.24, 2.45) is 0 Å². The molecular weight excluding hydrogens is 188 g/mol. The van der Waals surface area contributed by atoms with Crippen LogP contribution in [-0.4, -0.2) is 18.6 Å². The van der Waals surface area contributed by atoms with Crippen molar-refractivity contribution in [2.75, 3.05) is 6.54 Å². The van der Waals surface area contributed by atoms with E-state index < -0.39 is 0 Å². The number of hydrogen-bond donors (Lipinski definition) is 2. The Morgan fingerprint density at radius 2 is 2.15 bits per heavy atom. The van der Waals surface area contributed by atoms with Crippen molar-refractivity contribution in [3.63, 3.8) is 0 Å². The van der Waals surface area contributed by atoms with Gasteiger partial charge in [-0.1, -0.05) is 30.3 Å². The fraction of sp³-hybridized carbons (Fsp3) is 0.444. The van der Waals surface area contributed by atoms with Crippen LogP contribution in [0.1, 0.15) is 12.8 Å². The standard InChI is InChI=1S/C9H13ClN2O/c1-7(10)6-11-9(13)12-8-4-2-3-5-8/h2-3,8H,1,4-6H2,(H2,11,12,13). The Hall–Kier alpha value is -0.960. The predicted molar refractivity (Wildman–Crippen MR) is 53.7 cm³/mol. The van der Waals surface area contributed by atoms with E-state index in [1.165, 1.54) is 0 Å². The number of hydrogen-bond acceptors (Lipinski definition) is 1. The summed E-state index contributed by atoms with van der Waals surface area (Å²) in [7, 11) is 0. The Morgan fingerprint density at radius 3 is 2.69 bits per heavy atom. The molecule has 0 aromatic heterocycles. The van der Waals surface area contributed by atoms with Crippen molar-refractivity contribution in [3.05, 3.63) is 23.8 Å². The molecule has 0 saturated carbocycles. The second-order valence-electron chi connectivity index (χ2n) is 2.98. The molecule has 1 aliphatic carbocycles. The topological polar surface area (TPSA) is 41.1 Å². The first-order chi connectivity index (χ1) is 6.18. The molecule has 0 bridgehead atoms. The van der Waals surface area contributed by atoms with E-state index in [1.807, 2.05) is 0 Å². The van der Waals surface area contributed by atoms with E-state index in [0.717, 1.165) is 12.8 Å². The maximum atomic E-state index is 11.2. The van der Waals surface area contributed by atoms with Gasteiger partial charge in [-0.3, -0.25) is 0 Å². The largest absolute Gasteiger partial charge is 0.335 e. The first kappa shape index (κ1) is 10.1. The second-order valence-corrected chi connectivity index (χ2v) is 3.52. The highest BCUT2D eigenvalue weighted by molar-refractivity contribution is 6.29. The van der Waals surface area contributed by atoms with Gasteiger partial charge in [-0.15, -0.1) is 0 Å². The Labute approximate surface area is 82.8 Å². The molecule has 0 spiro atoms. The lowest BCUT2D eigenvalue weighted by atomic mass is 10.2. The number of nitrogens with one attached hydrogen (secondary N) is 2. The summed E-state index contributed by atoms with van der Waals surface area (Å²) in [6, 6.07) is 0.0547. The maximum absolute atomic E-state index is 11.2. The zero-order valence-corrected chi connectivity index (χ0v) is 8.10. The third-order valence-electron chi connectivity index (χ3n) is 1.78. The molecule has 0 radical (unpaired) electrons. The van der Waals surface area contributed by atoms with Crippen molar-refractivity contribution in [1.82, 2.24) is 10.6 Å². The highest BCUT2D eigenvalue weighted by Crippen LogP contribution is 2.08. The van der Waals surface area contributed by atoms with Crippen LogP contribution in [0, 0.1) is 0 Å². The molecule has 2 amide bonds. The Bertz CT molecular complexity index is 230. The molecule has 0 heterocycles. The molecule has 0 aromatic rings. The molecule has 0 saturated heterocycles. The molecule has 0 aliphatic heterocycles. The minimum absolute atomic E-state index is 0.185. The molecule has 2 N–H and O–H groups in total. The van der Waals surface area contributed by atoms with Crippen LogP contribution < -0.4 is 10.6 Å². The van der Waals surface area contributed by atoms with Gasteiger partial charge in [0.25, 0.3) is 0 Å². The molecule has 0 atom stereocenters. The lowest BCUT2D eigenvalue weighted by molar-refractivity contribution is 0.238. The van der Waals surface area contributed by atoms with Gasteiger partial charge in [0.05, 0.1) is 6.54 Å². The summed E-state index contributed by atoms with van der Waals surface area (Å²) in [5.74, 6) is 0. The minimum atomic E-state index is -0.185. The van der Waals surface area contributed by atoms with Gasteiger partial charge in [-0.2, -0.15) is 0 Å². The average molecular weight is 201 g/mol. The SMILES string of the molecule is C=C(Cl)CNC(=O)NC1CC=CC1. The van der Waals surface area contributed by atoms with Gasteiger partial charge in [-0.25, -0.2) is 4.79 Å². The van der Waals surface area contributed by atoms with Crippen molar-refractivity contribution in [1.29, 1.82) is 0 Å². The molecule has 3 nitrogen and oxygen atoms in total. The number of rotatable bonds is 3. The first-order valence-corrected chi connectivity index (χ1v) is 4.59. The summed E-state index contributed by atoms with van der Waals surface area (Å²) in [5.41, 5.74) is 0. The summed E-state index contributed by atoms with van der Waals surface area (Å²) >= 11 is 5.49. The van der Waals surface area contributed by atoms with Crippen LogP contribution in [0.4, 0.5) is 4.79 Å². The van der Waals surface area contributed by atoms with Crippen molar-refractivity contribution >= 4 is 17.6 Å². The van der Waals surface area contributed by atoms with Gasteiger partial charge < -0.3 is 10.6 Å². The van der Waals surface area contributed by atoms with E-state index in [-0.39, 0.29) is 12.1 Å². The quantitative estimate of drug-likeness (QED) is 0.670. The monoisotopic (exact) mass is 200 g/mol. The summed E-state index contributed by atoms with van der Waals surface area (Å²) in [5, 5.41) is 5.85. The van der Waals surface area contributed by atoms with Crippen molar-refractivity contribution < 1.29 is 4.79 Å². The Balaban J connectivity index is 2.14. The van der Waals surface area contributed by atoms with Gasteiger partial charge in [0.15, 0.2) is 0 Å². The molecule has 0 fully saturated rings. The van der Waals surface area contributed by atoms with E-state index >= 15 is 0 Å². The van der Waals surface area contributed by atoms with Crippen LogP contribution in [0.25, 0.3) is 0 Å². The lowest BCUT2D eigenvalue weighted by Crippen LogP contribution is -2.41. The Morgan fingerprint density at radius 1 is 1.54 bits per heavy atom. The zero-order valence-electron chi connectivity index (χ0n) is 7.35. The Kier molecular flexibility index (Phi) is 3.83. The molecule has 1 rings (SSSR count). The zero-order chi connectivity index (χ0) is 9.68. The molecule has 1 aliphatic rings. The summed E-state index contributed by atoms with van der Waals surface area (Å²) in [6.07, 6.45) is 5.95. The average Bonchev–Trinajstić information content (AvgIpc) is 2.53. The van der Waals surface area contributed by atoms with Gasteiger partial charge in [0.1, 0.15) is 0 Å². The molecule has 72 valence electrons. The molecule has 0 aromatic carbocycles. The van der Waals surface area contributed by atoms with Crippen LogP contribution in [-0.2, 0) is 0 Å². The first-order valence-electron chi connectivity index (χ1n) is 4.21. The van der Waals surface area contributed by atoms with Crippen molar-refractivity contribution in [3.8, 4) is 0 Å².